The van der Waals surface area contributed by atoms with Crippen LogP contribution >= 0.6 is 0 Å². The van der Waals surface area contributed by atoms with Gasteiger partial charge in [0.1, 0.15) is 5.75 Å². The summed E-state index contributed by atoms with van der Waals surface area (Å²) in [6.45, 7) is 7.47. The third-order valence-electron chi connectivity index (χ3n) is 4.97. The average Bonchev–Trinajstić information content (AvgIpc) is 2.76. The van der Waals surface area contributed by atoms with Crippen LogP contribution in [0.15, 0.2) is 78.2 Å². The molecule has 0 saturated carbocycles. The Hall–Kier alpha value is -3.58. The highest BCUT2D eigenvalue weighted by Crippen LogP contribution is 2.24. The number of methoxy groups -OCH3 is 1. The second-order valence-corrected chi connectivity index (χ2v) is 9.10. The maximum absolute atomic E-state index is 12.8. The van der Waals surface area contributed by atoms with Crippen LogP contribution in [0.2, 0.25) is 0 Å². The van der Waals surface area contributed by atoms with Gasteiger partial charge in [0.05, 0.1) is 17.7 Å². The first-order valence-corrected chi connectivity index (χ1v) is 11.5. The molecule has 0 aromatic heterocycles. The van der Waals surface area contributed by atoms with Crippen molar-refractivity contribution in [3.05, 3.63) is 95.6 Å². The van der Waals surface area contributed by atoms with Gasteiger partial charge in [-0.05, 0) is 85.5 Å². The number of carbonyl (C=O) groups excluding carboxylic acids is 1. The fraction of sp³-hybridized carbons (Fsp3) is 0.160. The molecule has 1 amide bonds. The van der Waals surface area contributed by atoms with Gasteiger partial charge < -0.3 is 10.1 Å². The number of ether oxygens (including phenoxy) is 1. The summed E-state index contributed by atoms with van der Waals surface area (Å²) in [6.07, 6.45) is 2.31. The van der Waals surface area contributed by atoms with Crippen molar-refractivity contribution in [1.29, 1.82) is 0 Å². The zero-order chi connectivity index (χ0) is 23.3. The van der Waals surface area contributed by atoms with Crippen LogP contribution in [0.4, 0.5) is 11.4 Å². The predicted molar refractivity (Wildman–Crippen MR) is 128 cm³/mol. The maximum Gasteiger partial charge on any atom is 0.261 e. The molecule has 0 spiro atoms. The number of hydrogen-bond donors (Lipinski definition) is 2. The van der Waals surface area contributed by atoms with E-state index in [0.717, 1.165) is 16.7 Å². The smallest absolute Gasteiger partial charge is 0.261 e. The molecule has 166 valence electrons. The van der Waals surface area contributed by atoms with E-state index in [1.165, 1.54) is 12.1 Å². The molecule has 7 heteroatoms. The van der Waals surface area contributed by atoms with E-state index in [2.05, 4.69) is 16.6 Å². The third-order valence-corrected chi connectivity index (χ3v) is 6.35. The van der Waals surface area contributed by atoms with E-state index in [1.54, 1.807) is 49.6 Å². The van der Waals surface area contributed by atoms with Gasteiger partial charge in [-0.3, -0.25) is 9.52 Å². The molecule has 0 aliphatic heterocycles. The van der Waals surface area contributed by atoms with E-state index in [4.69, 9.17) is 4.74 Å². The monoisotopic (exact) mass is 450 g/mol. The van der Waals surface area contributed by atoms with Crippen molar-refractivity contribution < 1.29 is 17.9 Å². The molecule has 6 nitrogen and oxygen atoms in total. The summed E-state index contributed by atoms with van der Waals surface area (Å²) >= 11 is 0. The van der Waals surface area contributed by atoms with E-state index in [-0.39, 0.29) is 10.8 Å². The topological polar surface area (TPSA) is 84.5 Å². The molecule has 0 saturated heterocycles. The Morgan fingerprint density at radius 3 is 2.41 bits per heavy atom. The minimum Gasteiger partial charge on any atom is -0.496 e. The molecular weight excluding hydrogens is 424 g/mol. The van der Waals surface area contributed by atoms with E-state index in [9.17, 15) is 13.2 Å². The molecule has 32 heavy (non-hydrogen) atoms. The van der Waals surface area contributed by atoms with Crippen LogP contribution in [0.5, 0.6) is 5.75 Å². The predicted octanol–water partition coefficient (Wildman–Crippen LogP) is 5.09. The summed E-state index contributed by atoms with van der Waals surface area (Å²) in [5.41, 5.74) is 4.14. The second-order valence-electron chi connectivity index (χ2n) is 7.42. The van der Waals surface area contributed by atoms with Gasteiger partial charge in [-0.1, -0.05) is 18.2 Å². The third kappa shape index (κ3) is 5.36. The highest BCUT2D eigenvalue weighted by atomic mass is 32.2. The fourth-order valence-corrected chi connectivity index (χ4v) is 4.33. The Morgan fingerprint density at radius 1 is 1.03 bits per heavy atom. The van der Waals surface area contributed by atoms with E-state index in [0.29, 0.717) is 29.1 Å². The lowest BCUT2D eigenvalue weighted by molar-refractivity contribution is 0.102. The first-order valence-electron chi connectivity index (χ1n) is 10.0. The number of rotatable bonds is 8. The van der Waals surface area contributed by atoms with Gasteiger partial charge in [0.25, 0.3) is 15.9 Å². The standard InChI is InChI=1S/C25H26N2O4S/c1-5-6-19-16-20(9-14-24(19)31-4)25(28)26-21-10-12-22(13-11-21)32(29,30)27-23-15-17(2)7-8-18(23)3/h5,7-16,27H,1,6H2,2-4H3,(H,26,28). The number of allylic oxidation sites excluding steroid dienone is 1. The lowest BCUT2D eigenvalue weighted by atomic mass is 10.1. The van der Waals surface area contributed by atoms with Gasteiger partial charge in [-0.2, -0.15) is 0 Å². The van der Waals surface area contributed by atoms with Gasteiger partial charge in [0.2, 0.25) is 0 Å². The van der Waals surface area contributed by atoms with Crippen molar-refractivity contribution in [2.24, 2.45) is 0 Å². The van der Waals surface area contributed by atoms with Gasteiger partial charge >= 0.3 is 0 Å². The molecule has 0 radical (unpaired) electrons. The van der Waals surface area contributed by atoms with Crippen LogP contribution in [0, 0.1) is 13.8 Å². The summed E-state index contributed by atoms with van der Waals surface area (Å²) in [7, 11) is -2.18. The number of carbonyl (C=O) groups is 1. The molecule has 0 heterocycles. The van der Waals surface area contributed by atoms with Crippen LogP contribution in [0.25, 0.3) is 0 Å². The molecule has 0 unspecified atom stereocenters. The van der Waals surface area contributed by atoms with Crippen molar-refractivity contribution in [1.82, 2.24) is 0 Å². The minimum absolute atomic E-state index is 0.106. The molecule has 2 N–H and O–H groups in total. The Morgan fingerprint density at radius 2 is 1.75 bits per heavy atom. The van der Waals surface area contributed by atoms with Gasteiger partial charge in [-0.15, -0.1) is 6.58 Å². The molecule has 0 atom stereocenters. The van der Waals surface area contributed by atoms with Crippen LogP contribution in [-0.4, -0.2) is 21.4 Å². The van der Waals surface area contributed by atoms with Crippen molar-refractivity contribution >= 4 is 27.3 Å². The molecule has 0 bridgehead atoms. The number of aryl methyl sites for hydroxylation is 2. The summed E-state index contributed by atoms with van der Waals surface area (Å²) in [6, 6.07) is 16.8. The SMILES string of the molecule is C=CCc1cc(C(=O)Nc2ccc(S(=O)(=O)Nc3cc(C)ccc3C)cc2)ccc1OC. The van der Waals surface area contributed by atoms with Crippen LogP contribution in [0.3, 0.4) is 0 Å². The molecule has 0 aliphatic rings. The zero-order valence-electron chi connectivity index (χ0n) is 18.3. The van der Waals surface area contributed by atoms with E-state index in [1.807, 2.05) is 26.0 Å². The molecule has 3 aromatic rings. The molecular formula is C25H26N2O4S. The summed E-state index contributed by atoms with van der Waals surface area (Å²) in [4.78, 5) is 12.8. The minimum atomic E-state index is -3.76. The number of hydrogen-bond acceptors (Lipinski definition) is 4. The molecule has 0 aliphatic carbocycles. The van der Waals surface area contributed by atoms with Crippen molar-refractivity contribution in [3.63, 3.8) is 0 Å². The Kier molecular flexibility index (Phi) is 7.00. The van der Waals surface area contributed by atoms with Crippen molar-refractivity contribution in [3.8, 4) is 5.75 Å². The highest BCUT2D eigenvalue weighted by Gasteiger charge is 2.16. The fourth-order valence-electron chi connectivity index (χ4n) is 3.21. The van der Waals surface area contributed by atoms with Gasteiger partial charge in [0.15, 0.2) is 0 Å². The number of benzene rings is 3. The maximum atomic E-state index is 12.8. The Bertz CT molecular complexity index is 1250. The van der Waals surface area contributed by atoms with E-state index < -0.39 is 10.0 Å². The summed E-state index contributed by atoms with van der Waals surface area (Å²) < 4.78 is 33.5. The van der Waals surface area contributed by atoms with Crippen LogP contribution < -0.4 is 14.8 Å². The van der Waals surface area contributed by atoms with Gasteiger partial charge in [0, 0.05) is 11.3 Å². The summed E-state index contributed by atoms with van der Waals surface area (Å²) in [5, 5.41) is 2.79. The van der Waals surface area contributed by atoms with Crippen molar-refractivity contribution in [2.75, 3.05) is 17.1 Å². The second kappa shape index (κ2) is 9.70. The quantitative estimate of drug-likeness (QED) is 0.468. The molecule has 3 rings (SSSR count). The number of anilines is 2. The number of sulfonamides is 1. The normalized spacial score (nSPS) is 11.0. The Labute approximate surface area is 189 Å². The van der Waals surface area contributed by atoms with Crippen LogP contribution in [0.1, 0.15) is 27.0 Å². The average molecular weight is 451 g/mol. The number of amides is 1. The Balaban J connectivity index is 1.75. The van der Waals surface area contributed by atoms with Crippen molar-refractivity contribution in [2.45, 2.75) is 25.2 Å². The first-order chi connectivity index (χ1) is 15.2. The number of nitrogens with one attached hydrogen (secondary N) is 2. The highest BCUT2D eigenvalue weighted by molar-refractivity contribution is 7.92. The largest absolute Gasteiger partial charge is 0.496 e. The lowest BCUT2D eigenvalue weighted by Crippen LogP contribution is -2.15. The van der Waals surface area contributed by atoms with Crippen LogP contribution in [-0.2, 0) is 16.4 Å². The van der Waals surface area contributed by atoms with E-state index >= 15 is 0 Å². The summed E-state index contributed by atoms with van der Waals surface area (Å²) in [5.74, 6) is 0.384. The first kappa shape index (κ1) is 23.1. The van der Waals surface area contributed by atoms with Gasteiger partial charge in [-0.25, -0.2) is 8.42 Å². The lowest BCUT2D eigenvalue weighted by Gasteiger charge is -2.12. The zero-order valence-corrected chi connectivity index (χ0v) is 19.1. The molecule has 0 fully saturated rings. The molecule has 3 aromatic carbocycles.